The van der Waals surface area contributed by atoms with Crippen molar-refractivity contribution >= 4 is 11.6 Å². The lowest BCUT2D eigenvalue weighted by Crippen LogP contribution is -2.26. The molecule has 1 fully saturated rings. The molecule has 1 aromatic rings. The van der Waals surface area contributed by atoms with Gasteiger partial charge < -0.3 is 15.4 Å². The van der Waals surface area contributed by atoms with Crippen molar-refractivity contribution in [3.8, 4) is 5.75 Å². The van der Waals surface area contributed by atoms with E-state index in [1.54, 1.807) is 7.11 Å². The van der Waals surface area contributed by atoms with E-state index >= 15 is 0 Å². The summed E-state index contributed by atoms with van der Waals surface area (Å²) in [4.78, 5) is 11.5. The van der Waals surface area contributed by atoms with Crippen molar-refractivity contribution in [2.45, 2.75) is 32.2 Å². The molecule has 1 unspecified atom stereocenters. The quantitative estimate of drug-likeness (QED) is 0.861. The molecule has 4 nitrogen and oxygen atoms in total. The van der Waals surface area contributed by atoms with Gasteiger partial charge in [-0.3, -0.25) is 4.79 Å². The van der Waals surface area contributed by atoms with Crippen LogP contribution in [0.3, 0.4) is 0 Å². The third kappa shape index (κ3) is 3.15. The smallest absolute Gasteiger partial charge is 0.222 e. The molecule has 18 heavy (non-hydrogen) atoms. The first kappa shape index (κ1) is 12.7. The summed E-state index contributed by atoms with van der Waals surface area (Å²) in [7, 11) is 1.67. The van der Waals surface area contributed by atoms with E-state index in [0.717, 1.165) is 36.4 Å². The maximum Gasteiger partial charge on any atom is 0.222 e. The number of aryl methyl sites for hydroxylation is 1. The second-order valence-electron chi connectivity index (χ2n) is 4.72. The molecule has 1 aliphatic heterocycles. The summed E-state index contributed by atoms with van der Waals surface area (Å²) in [5.41, 5.74) is 2.15. The number of anilines is 1. The fraction of sp³-hybridized carbons (Fsp3) is 0.500. The van der Waals surface area contributed by atoms with Crippen molar-refractivity contribution in [2.24, 2.45) is 0 Å². The largest absolute Gasteiger partial charge is 0.496 e. The summed E-state index contributed by atoms with van der Waals surface area (Å²) in [6.07, 6.45) is 2.59. The first-order valence-corrected chi connectivity index (χ1v) is 6.37. The first-order valence-electron chi connectivity index (χ1n) is 6.37. The monoisotopic (exact) mass is 248 g/mol. The lowest BCUT2D eigenvalue weighted by Gasteiger charge is -2.17. The van der Waals surface area contributed by atoms with Crippen LogP contribution in [0.15, 0.2) is 18.2 Å². The fourth-order valence-corrected chi connectivity index (χ4v) is 2.30. The van der Waals surface area contributed by atoms with Crippen LogP contribution < -0.4 is 15.4 Å². The number of carbonyl (C=O) groups is 1. The van der Waals surface area contributed by atoms with E-state index in [2.05, 4.69) is 16.7 Å². The number of hydrogen-bond acceptors (Lipinski definition) is 3. The van der Waals surface area contributed by atoms with Gasteiger partial charge in [0.25, 0.3) is 0 Å². The van der Waals surface area contributed by atoms with Gasteiger partial charge in [-0.05, 0) is 43.5 Å². The van der Waals surface area contributed by atoms with Gasteiger partial charge in [0.1, 0.15) is 5.75 Å². The van der Waals surface area contributed by atoms with Gasteiger partial charge in [-0.15, -0.1) is 0 Å². The minimum atomic E-state index is 0.134. The van der Waals surface area contributed by atoms with E-state index in [-0.39, 0.29) is 11.9 Å². The third-order valence-electron chi connectivity index (χ3n) is 3.25. The molecule has 1 saturated heterocycles. The van der Waals surface area contributed by atoms with E-state index in [1.165, 1.54) is 0 Å². The molecule has 1 amide bonds. The highest BCUT2D eigenvalue weighted by molar-refractivity contribution is 5.77. The van der Waals surface area contributed by atoms with Crippen LogP contribution in [0.4, 0.5) is 5.69 Å². The number of methoxy groups -OCH3 is 1. The molecule has 0 spiro atoms. The molecule has 1 aliphatic rings. The topological polar surface area (TPSA) is 50.4 Å². The maximum absolute atomic E-state index is 11.5. The van der Waals surface area contributed by atoms with Gasteiger partial charge in [0, 0.05) is 24.7 Å². The van der Waals surface area contributed by atoms with Crippen molar-refractivity contribution in [3.05, 3.63) is 23.8 Å². The van der Waals surface area contributed by atoms with Crippen molar-refractivity contribution in [1.82, 2.24) is 5.32 Å². The van der Waals surface area contributed by atoms with Crippen molar-refractivity contribution in [3.63, 3.8) is 0 Å². The van der Waals surface area contributed by atoms with Crippen LogP contribution in [0.25, 0.3) is 0 Å². The van der Waals surface area contributed by atoms with Crippen molar-refractivity contribution in [2.75, 3.05) is 19.0 Å². The maximum atomic E-state index is 11.5. The van der Waals surface area contributed by atoms with Gasteiger partial charge in [0.15, 0.2) is 0 Å². The zero-order valence-electron chi connectivity index (χ0n) is 11.0. The molecular weight excluding hydrogens is 228 g/mol. The average molecular weight is 248 g/mol. The standard InChI is InChI=1S/C14H20N2O2/c1-10-8-12(5-6-13(10)18-2)16-11-4-3-7-15-14(17)9-11/h5-6,8,11,16H,3-4,7,9H2,1-2H3,(H,15,17). The zero-order valence-corrected chi connectivity index (χ0v) is 11.0. The molecule has 0 aliphatic carbocycles. The van der Waals surface area contributed by atoms with Gasteiger partial charge in [-0.2, -0.15) is 0 Å². The highest BCUT2D eigenvalue weighted by Crippen LogP contribution is 2.23. The lowest BCUT2D eigenvalue weighted by molar-refractivity contribution is -0.120. The normalized spacial score (nSPS) is 19.9. The highest BCUT2D eigenvalue weighted by Gasteiger charge is 2.17. The zero-order chi connectivity index (χ0) is 13.0. The Morgan fingerprint density at radius 3 is 3.00 bits per heavy atom. The molecular formula is C14H20N2O2. The predicted octanol–water partition coefficient (Wildman–Crippen LogP) is 2.08. The molecule has 0 aromatic heterocycles. The van der Waals surface area contributed by atoms with Gasteiger partial charge in [0.2, 0.25) is 5.91 Å². The summed E-state index contributed by atoms with van der Waals surface area (Å²) in [5.74, 6) is 1.02. The van der Waals surface area contributed by atoms with Crippen LogP contribution >= 0.6 is 0 Å². The highest BCUT2D eigenvalue weighted by atomic mass is 16.5. The summed E-state index contributed by atoms with van der Waals surface area (Å²) in [5, 5.41) is 6.32. The number of nitrogens with one attached hydrogen (secondary N) is 2. The summed E-state index contributed by atoms with van der Waals surface area (Å²) < 4.78 is 5.24. The Kier molecular flexibility index (Phi) is 4.07. The van der Waals surface area contributed by atoms with Crippen LogP contribution in [0, 0.1) is 6.92 Å². The van der Waals surface area contributed by atoms with E-state index in [1.807, 2.05) is 19.1 Å². The van der Waals surface area contributed by atoms with Gasteiger partial charge >= 0.3 is 0 Å². The molecule has 1 atom stereocenters. The summed E-state index contributed by atoms with van der Waals surface area (Å²) >= 11 is 0. The van der Waals surface area contributed by atoms with E-state index in [9.17, 15) is 4.79 Å². The second-order valence-corrected chi connectivity index (χ2v) is 4.72. The molecule has 2 rings (SSSR count). The van der Waals surface area contributed by atoms with E-state index < -0.39 is 0 Å². The Labute approximate surface area is 108 Å². The van der Waals surface area contributed by atoms with Crippen molar-refractivity contribution in [1.29, 1.82) is 0 Å². The molecule has 0 saturated carbocycles. The van der Waals surface area contributed by atoms with Crippen LogP contribution in [0.1, 0.15) is 24.8 Å². The minimum Gasteiger partial charge on any atom is -0.496 e. The number of amides is 1. The van der Waals surface area contributed by atoms with Gasteiger partial charge in [-0.25, -0.2) is 0 Å². The minimum absolute atomic E-state index is 0.134. The summed E-state index contributed by atoms with van der Waals surface area (Å²) in [6.45, 7) is 2.81. The molecule has 1 heterocycles. The lowest BCUT2D eigenvalue weighted by atomic mass is 10.1. The Bertz CT molecular complexity index is 432. The fourth-order valence-electron chi connectivity index (χ4n) is 2.30. The number of rotatable bonds is 3. The Morgan fingerprint density at radius 1 is 1.44 bits per heavy atom. The Morgan fingerprint density at radius 2 is 2.28 bits per heavy atom. The number of ether oxygens (including phenoxy) is 1. The average Bonchev–Trinajstić information content (AvgIpc) is 2.54. The molecule has 4 heteroatoms. The van der Waals surface area contributed by atoms with Crippen molar-refractivity contribution < 1.29 is 9.53 Å². The molecule has 0 bridgehead atoms. The first-order chi connectivity index (χ1) is 8.69. The SMILES string of the molecule is COc1ccc(NC2CCCNC(=O)C2)cc1C. The van der Waals surface area contributed by atoms with Crippen LogP contribution in [-0.4, -0.2) is 25.6 Å². The molecule has 1 aromatic carbocycles. The molecule has 0 radical (unpaired) electrons. The number of carbonyl (C=O) groups excluding carboxylic acids is 1. The molecule has 98 valence electrons. The van der Waals surface area contributed by atoms with Gasteiger partial charge in [0.05, 0.1) is 7.11 Å². The van der Waals surface area contributed by atoms with Crippen LogP contribution in [0.5, 0.6) is 5.75 Å². The van der Waals surface area contributed by atoms with Crippen LogP contribution in [-0.2, 0) is 4.79 Å². The Hall–Kier alpha value is -1.71. The second kappa shape index (κ2) is 5.76. The summed E-state index contributed by atoms with van der Waals surface area (Å²) in [6, 6.07) is 6.23. The number of hydrogen-bond donors (Lipinski definition) is 2. The molecule has 2 N–H and O–H groups in total. The van der Waals surface area contributed by atoms with Crippen LogP contribution in [0.2, 0.25) is 0 Å². The number of benzene rings is 1. The Balaban J connectivity index is 2.04. The van der Waals surface area contributed by atoms with E-state index in [0.29, 0.717) is 6.42 Å². The third-order valence-corrected chi connectivity index (χ3v) is 3.25. The van der Waals surface area contributed by atoms with Gasteiger partial charge in [-0.1, -0.05) is 0 Å². The van der Waals surface area contributed by atoms with E-state index in [4.69, 9.17) is 4.74 Å². The predicted molar refractivity (Wildman–Crippen MR) is 72.0 cm³/mol.